The molecular weight excluding hydrogens is 480 g/mol. The number of rotatable bonds is 4. The van der Waals surface area contributed by atoms with Gasteiger partial charge in [-0.25, -0.2) is 13.8 Å². The van der Waals surface area contributed by atoms with Crippen molar-refractivity contribution in [1.82, 2.24) is 14.9 Å². The van der Waals surface area contributed by atoms with Gasteiger partial charge in [-0.1, -0.05) is 17.7 Å². The van der Waals surface area contributed by atoms with Gasteiger partial charge in [0.05, 0.1) is 20.8 Å². The number of nitrogen functional groups attached to an aromatic ring is 1. The molecule has 1 atom stereocenters. The molecule has 0 bridgehead atoms. The summed E-state index contributed by atoms with van der Waals surface area (Å²) in [4.78, 5) is 10.8. The van der Waals surface area contributed by atoms with Crippen LogP contribution in [-0.2, 0) is 0 Å². The number of fused-ring (bicyclic) bond motifs is 2. The topological polar surface area (TPSA) is 88.1 Å². The molecule has 2 aromatic heterocycles. The maximum absolute atomic E-state index is 15.9. The van der Waals surface area contributed by atoms with E-state index in [-0.39, 0.29) is 53.9 Å². The molecule has 3 heterocycles. The summed E-state index contributed by atoms with van der Waals surface area (Å²) < 4.78 is 36.4. The van der Waals surface area contributed by atoms with E-state index in [1.165, 1.54) is 18.3 Å². The number of hydrogen-bond acceptors (Lipinski definition) is 7. The molecule has 174 valence electrons. The largest absolute Gasteiger partial charge is 0.461 e. The normalized spacial score (nSPS) is 18.6. The Labute approximate surface area is 203 Å². The third-order valence-electron chi connectivity index (χ3n) is 6.59. The van der Waals surface area contributed by atoms with Crippen molar-refractivity contribution >= 4 is 48.9 Å². The molecule has 1 fully saturated rings. The minimum Gasteiger partial charge on any atom is -0.461 e. The van der Waals surface area contributed by atoms with Crippen LogP contribution in [0.1, 0.15) is 25.3 Å². The van der Waals surface area contributed by atoms with Gasteiger partial charge in [-0.05, 0) is 51.1 Å². The molecule has 0 radical (unpaired) electrons. The predicted octanol–water partition coefficient (Wildman–Crippen LogP) is 5.76. The van der Waals surface area contributed by atoms with E-state index in [2.05, 4.69) is 21.8 Å². The van der Waals surface area contributed by atoms with Crippen molar-refractivity contribution in [2.45, 2.75) is 25.3 Å². The van der Waals surface area contributed by atoms with Crippen LogP contribution in [0.4, 0.5) is 13.8 Å². The number of nitrogens with zero attached hydrogens (tertiary/aromatic N) is 4. The van der Waals surface area contributed by atoms with Crippen molar-refractivity contribution in [3.63, 3.8) is 0 Å². The minimum absolute atomic E-state index is 0.0144. The molecule has 1 aliphatic rings. The second-order valence-corrected chi connectivity index (χ2v) is 10.2. The van der Waals surface area contributed by atoms with Crippen LogP contribution >= 0.6 is 22.9 Å². The Hall–Kier alpha value is -3.06. The Morgan fingerprint density at radius 3 is 2.88 bits per heavy atom. The third kappa shape index (κ3) is 3.54. The molecular formula is C24H20ClF2N5OS. The molecule has 1 aliphatic heterocycles. The van der Waals surface area contributed by atoms with Crippen LogP contribution in [0.3, 0.4) is 0 Å². The molecule has 0 spiro atoms. The lowest BCUT2D eigenvalue weighted by atomic mass is 9.97. The number of anilines is 1. The molecule has 2 N–H and O–H groups in total. The lowest BCUT2D eigenvalue weighted by Gasteiger charge is -2.31. The summed E-state index contributed by atoms with van der Waals surface area (Å²) in [5.74, 6) is -1.25. The molecule has 4 aromatic rings. The van der Waals surface area contributed by atoms with Crippen LogP contribution in [0.25, 0.3) is 32.1 Å². The summed E-state index contributed by atoms with van der Waals surface area (Å²) in [6.45, 7) is 3.47. The summed E-state index contributed by atoms with van der Waals surface area (Å²) in [6, 6.07) is 6.21. The molecule has 5 rings (SSSR count). The number of aromatic nitrogens is 2. The van der Waals surface area contributed by atoms with E-state index in [0.29, 0.717) is 12.0 Å². The maximum atomic E-state index is 15.9. The molecule has 0 aliphatic carbocycles. The SMILES string of the molecule is CN1CCC[C@@]1(C)COc1ncc2cc(Cl)c(-c3ccc(F)c4sc(N)c(C#N)c34)c(F)c2n1. The number of likely N-dealkylation sites (N-methyl/N-ethyl adjacent to an activating group) is 1. The zero-order valence-electron chi connectivity index (χ0n) is 18.5. The van der Waals surface area contributed by atoms with Gasteiger partial charge in [0, 0.05) is 22.5 Å². The van der Waals surface area contributed by atoms with E-state index in [9.17, 15) is 9.65 Å². The van der Waals surface area contributed by atoms with E-state index in [0.717, 1.165) is 30.7 Å². The van der Waals surface area contributed by atoms with E-state index < -0.39 is 11.6 Å². The van der Waals surface area contributed by atoms with Gasteiger partial charge in [0.1, 0.15) is 29.0 Å². The van der Waals surface area contributed by atoms with E-state index in [1.54, 1.807) is 6.07 Å². The third-order valence-corrected chi connectivity index (χ3v) is 7.91. The van der Waals surface area contributed by atoms with Gasteiger partial charge in [-0.15, -0.1) is 11.3 Å². The van der Waals surface area contributed by atoms with Crippen LogP contribution in [-0.4, -0.2) is 40.6 Å². The van der Waals surface area contributed by atoms with Crippen molar-refractivity contribution in [3.8, 4) is 23.2 Å². The molecule has 0 saturated carbocycles. The maximum Gasteiger partial charge on any atom is 0.317 e. The van der Waals surface area contributed by atoms with E-state index >= 15 is 4.39 Å². The fraction of sp³-hybridized carbons (Fsp3) is 0.292. The first-order chi connectivity index (χ1) is 16.2. The highest BCUT2D eigenvalue weighted by molar-refractivity contribution is 7.23. The van der Waals surface area contributed by atoms with Gasteiger partial charge in [-0.3, -0.25) is 4.90 Å². The molecule has 34 heavy (non-hydrogen) atoms. The fourth-order valence-electron chi connectivity index (χ4n) is 4.47. The van der Waals surface area contributed by atoms with Crippen molar-refractivity contribution in [2.75, 3.05) is 25.9 Å². The Morgan fingerprint density at radius 1 is 1.38 bits per heavy atom. The van der Waals surface area contributed by atoms with Gasteiger partial charge in [0.2, 0.25) is 0 Å². The highest BCUT2D eigenvalue weighted by Crippen LogP contribution is 2.44. The van der Waals surface area contributed by atoms with Crippen LogP contribution in [0.5, 0.6) is 6.01 Å². The van der Waals surface area contributed by atoms with Crippen LogP contribution in [0.2, 0.25) is 5.02 Å². The first-order valence-corrected chi connectivity index (χ1v) is 11.8. The van der Waals surface area contributed by atoms with Gasteiger partial charge in [0.25, 0.3) is 0 Å². The Kier molecular flexibility index (Phi) is 5.55. The van der Waals surface area contributed by atoms with Gasteiger partial charge in [-0.2, -0.15) is 10.2 Å². The predicted molar refractivity (Wildman–Crippen MR) is 130 cm³/mol. The van der Waals surface area contributed by atoms with E-state index in [1.807, 2.05) is 13.1 Å². The summed E-state index contributed by atoms with van der Waals surface area (Å²) in [5.41, 5.74) is 6.18. The second-order valence-electron chi connectivity index (χ2n) is 8.70. The lowest BCUT2D eigenvalue weighted by molar-refractivity contribution is 0.108. The van der Waals surface area contributed by atoms with Gasteiger partial charge in [0.15, 0.2) is 5.82 Å². The van der Waals surface area contributed by atoms with E-state index in [4.69, 9.17) is 22.1 Å². The van der Waals surface area contributed by atoms with Crippen LogP contribution in [0, 0.1) is 23.0 Å². The fourth-order valence-corrected chi connectivity index (χ4v) is 5.73. The monoisotopic (exact) mass is 499 g/mol. The van der Waals surface area contributed by atoms with Crippen molar-refractivity contribution in [3.05, 3.63) is 46.6 Å². The van der Waals surface area contributed by atoms with Crippen molar-refractivity contribution < 1.29 is 13.5 Å². The number of nitrogens with two attached hydrogens (primary N) is 1. The van der Waals surface area contributed by atoms with Crippen LogP contribution < -0.4 is 10.5 Å². The number of hydrogen-bond donors (Lipinski definition) is 1. The summed E-state index contributed by atoms with van der Waals surface area (Å²) >= 11 is 7.41. The molecule has 0 unspecified atom stereocenters. The zero-order valence-corrected chi connectivity index (χ0v) is 20.0. The number of nitriles is 1. The number of halogens is 3. The van der Waals surface area contributed by atoms with Crippen LogP contribution in [0.15, 0.2) is 24.4 Å². The van der Waals surface area contributed by atoms with Gasteiger partial charge < -0.3 is 10.5 Å². The number of thiophene rings is 1. The smallest absolute Gasteiger partial charge is 0.317 e. The highest BCUT2D eigenvalue weighted by atomic mass is 35.5. The summed E-state index contributed by atoms with van der Waals surface area (Å²) in [6.07, 6.45) is 3.52. The Bertz CT molecular complexity index is 1500. The van der Waals surface area contributed by atoms with Crippen molar-refractivity contribution in [1.29, 1.82) is 5.26 Å². The average molecular weight is 500 g/mol. The quantitative estimate of drug-likeness (QED) is 0.384. The zero-order chi connectivity index (χ0) is 24.2. The molecule has 10 heteroatoms. The first-order valence-electron chi connectivity index (χ1n) is 10.6. The molecule has 6 nitrogen and oxygen atoms in total. The van der Waals surface area contributed by atoms with Gasteiger partial charge >= 0.3 is 6.01 Å². The van der Waals surface area contributed by atoms with Crippen molar-refractivity contribution in [2.24, 2.45) is 0 Å². The standard InChI is InChI=1S/C24H20ClF2N5OS/c1-24(6-3-7-32(24)2)11-33-23-30-10-12-8-15(25)18(19(27)20(12)31-23)13-4-5-16(26)21-17(13)14(9-28)22(29)34-21/h4-5,8,10H,3,6-7,11,29H2,1-2H3/t24-/m0/s1. The number of ether oxygens (including phenoxy) is 1. The second kappa shape index (κ2) is 8.31. The lowest BCUT2D eigenvalue weighted by Crippen LogP contribution is -2.43. The average Bonchev–Trinajstić information content (AvgIpc) is 3.33. The molecule has 1 saturated heterocycles. The summed E-state index contributed by atoms with van der Waals surface area (Å²) in [7, 11) is 2.04. The highest BCUT2D eigenvalue weighted by Gasteiger charge is 2.35. The number of likely N-dealkylation sites (tertiary alicyclic amines) is 1. The Balaban J connectivity index is 1.63. The molecule has 2 aromatic carbocycles. The Morgan fingerprint density at radius 2 is 2.18 bits per heavy atom. The minimum atomic E-state index is -0.708. The summed E-state index contributed by atoms with van der Waals surface area (Å²) in [5, 5.41) is 10.5. The first kappa shape index (κ1) is 22.7. The molecule has 0 amide bonds. The number of benzene rings is 2.